The Balaban J connectivity index is 1.59. The Morgan fingerprint density at radius 3 is 2.77 bits per heavy atom. The summed E-state index contributed by atoms with van der Waals surface area (Å²) in [4.78, 5) is 16.3. The van der Waals surface area contributed by atoms with Gasteiger partial charge < -0.3 is 10.1 Å². The summed E-state index contributed by atoms with van der Waals surface area (Å²) in [6, 6.07) is 16.9. The number of nitrogens with one attached hydrogen (secondary N) is 1. The second-order valence-electron chi connectivity index (χ2n) is 5.56. The highest BCUT2D eigenvalue weighted by atomic mass is 35.5. The summed E-state index contributed by atoms with van der Waals surface area (Å²) in [5.74, 6) is -0.485. The lowest BCUT2D eigenvalue weighted by Gasteiger charge is -2.09. The second-order valence-corrected chi connectivity index (χ2v) is 6.00. The molecule has 0 spiro atoms. The van der Waals surface area contributed by atoms with E-state index < -0.39 is 11.7 Å². The minimum absolute atomic E-state index is 0.0445. The van der Waals surface area contributed by atoms with Gasteiger partial charge in [-0.3, -0.25) is 9.78 Å². The first-order valence-corrected chi connectivity index (χ1v) is 8.34. The third-order valence-corrected chi connectivity index (χ3v) is 3.88. The van der Waals surface area contributed by atoms with E-state index in [1.807, 2.05) is 42.5 Å². The van der Waals surface area contributed by atoms with Crippen molar-refractivity contribution in [3.8, 4) is 5.75 Å². The van der Waals surface area contributed by atoms with Crippen molar-refractivity contribution < 1.29 is 13.9 Å². The van der Waals surface area contributed by atoms with Crippen molar-refractivity contribution in [3.05, 3.63) is 94.5 Å². The number of amides is 1. The standard InChI is InChI=1S/C20H16ClFN2O2/c21-15-7-8-18(19(22)11-15)20(25)24-12-14-4-3-6-17(10-14)26-13-16-5-1-2-9-23-16/h1-11H,12-13H2,(H,24,25). The van der Waals surface area contributed by atoms with Crippen LogP contribution in [0.1, 0.15) is 21.6 Å². The largest absolute Gasteiger partial charge is 0.487 e. The van der Waals surface area contributed by atoms with Crippen LogP contribution in [0, 0.1) is 5.82 Å². The Bertz CT molecular complexity index is 903. The Labute approximate surface area is 155 Å². The lowest BCUT2D eigenvalue weighted by Crippen LogP contribution is -2.23. The fraction of sp³-hybridized carbons (Fsp3) is 0.100. The Morgan fingerprint density at radius 1 is 1.12 bits per heavy atom. The van der Waals surface area contributed by atoms with Gasteiger partial charge in [0, 0.05) is 17.8 Å². The number of hydrogen-bond acceptors (Lipinski definition) is 3. The van der Waals surface area contributed by atoms with E-state index in [2.05, 4.69) is 10.3 Å². The van der Waals surface area contributed by atoms with Crippen molar-refractivity contribution in [2.24, 2.45) is 0 Å². The number of halogens is 2. The molecule has 0 atom stereocenters. The molecule has 0 saturated carbocycles. The highest BCUT2D eigenvalue weighted by Gasteiger charge is 2.11. The molecule has 1 aromatic heterocycles. The molecular weight excluding hydrogens is 355 g/mol. The lowest BCUT2D eigenvalue weighted by molar-refractivity contribution is 0.0947. The Kier molecular flexibility index (Phi) is 5.81. The fourth-order valence-electron chi connectivity index (χ4n) is 2.34. The van der Waals surface area contributed by atoms with Gasteiger partial charge in [0.25, 0.3) is 5.91 Å². The average Bonchev–Trinajstić information content (AvgIpc) is 2.66. The van der Waals surface area contributed by atoms with Crippen molar-refractivity contribution >= 4 is 17.5 Å². The number of rotatable bonds is 6. The zero-order valence-corrected chi connectivity index (χ0v) is 14.5. The Hall–Kier alpha value is -2.92. The molecule has 0 bridgehead atoms. The predicted octanol–water partition coefficient (Wildman–Crippen LogP) is 4.38. The number of hydrogen-bond donors (Lipinski definition) is 1. The van der Waals surface area contributed by atoms with E-state index >= 15 is 0 Å². The highest BCUT2D eigenvalue weighted by molar-refractivity contribution is 6.30. The van der Waals surface area contributed by atoms with E-state index in [0.717, 1.165) is 17.3 Å². The van der Waals surface area contributed by atoms with Crippen LogP contribution in [0.25, 0.3) is 0 Å². The summed E-state index contributed by atoms with van der Waals surface area (Å²) in [6.07, 6.45) is 1.71. The highest BCUT2D eigenvalue weighted by Crippen LogP contribution is 2.16. The molecule has 1 N–H and O–H groups in total. The van der Waals surface area contributed by atoms with Crippen LogP contribution in [0.4, 0.5) is 4.39 Å². The zero-order chi connectivity index (χ0) is 18.4. The molecular formula is C20H16ClFN2O2. The number of ether oxygens (including phenoxy) is 1. The summed E-state index contributed by atoms with van der Waals surface area (Å²) >= 11 is 5.70. The molecule has 1 heterocycles. The van der Waals surface area contributed by atoms with Gasteiger partial charge >= 0.3 is 0 Å². The van der Waals surface area contributed by atoms with Gasteiger partial charge in [0.05, 0.1) is 11.3 Å². The average molecular weight is 371 g/mol. The van der Waals surface area contributed by atoms with Crippen LogP contribution < -0.4 is 10.1 Å². The summed E-state index contributed by atoms with van der Waals surface area (Å²) < 4.78 is 19.5. The maximum Gasteiger partial charge on any atom is 0.254 e. The van der Waals surface area contributed by atoms with Crippen LogP contribution in [-0.2, 0) is 13.2 Å². The van der Waals surface area contributed by atoms with Crippen molar-refractivity contribution in [2.75, 3.05) is 0 Å². The predicted molar refractivity (Wildman–Crippen MR) is 97.6 cm³/mol. The number of carbonyl (C=O) groups excluding carboxylic acids is 1. The SMILES string of the molecule is O=C(NCc1cccc(OCc2ccccn2)c1)c1ccc(Cl)cc1F. The van der Waals surface area contributed by atoms with Gasteiger partial charge in [-0.05, 0) is 48.0 Å². The van der Waals surface area contributed by atoms with Crippen LogP contribution in [-0.4, -0.2) is 10.9 Å². The molecule has 0 fully saturated rings. The molecule has 0 unspecified atom stereocenters. The summed E-state index contributed by atoms with van der Waals surface area (Å²) in [7, 11) is 0. The third kappa shape index (κ3) is 4.80. The van der Waals surface area contributed by atoms with Gasteiger partial charge in [0.15, 0.2) is 0 Å². The first-order chi connectivity index (χ1) is 12.6. The van der Waals surface area contributed by atoms with Crippen molar-refractivity contribution in [3.63, 3.8) is 0 Å². The van der Waals surface area contributed by atoms with Gasteiger partial charge in [-0.1, -0.05) is 29.8 Å². The molecule has 132 valence electrons. The van der Waals surface area contributed by atoms with Crippen molar-refractivity contribution in [1.82, 2.24) is 10.3 Å². The van der Waals surface area contributed by atoms with E-state index in [0.29, 0.717) is 12.4 Å². The molecule has 0 aliphatic heterocycles. The molecule has 6 heteroatoms. The van der Waals surface area contributed by atoms with Crippen LogP contribution in [0.15, 0.2) is 66.9 Å². The monoisotopic (exact) mass is 370 g/mol. The molecule has 3 aromatic rings. The zero-order valence-electron chi connectivity index (χ0n) is 13.8. The third-order valence-electron chi connectivity index (χ3n) is 3.64. The number of aromatic nitrogens is 1. The first kappa shape index (κ1) is 17.9. The van der Waals surface area contributed by atoms with Crippen molar-refractivity contribution in [1.29, 1.82) is 0 Å². The molecule has 0 aliphatic carbocycles. The molecule has 0 aliphatic rings. The van der Waals surface area contributed by atoms with Crippen LogP contribution in [0.3, 0.4) is 0 Å². The van der Waals surface area contributed by atoms with Gasteiger partial charge in [-0.25, -0.2) is 4.39 Å². The fourth-order valence-corrected chi connectivity index (χ4v) is 2.50. The van der Waals surface area contributed by atoms with Crippen LogP contribution in [0.5, 0.6) is 5.75 Å². The smallest absolute Gasteiger partial charge is 0.254 e. The van der Waals surface area contributed by atoms with E-state index in [1.165, 1.54) is 12.1 Å². The minimum Gasteiger partial charge on any atom is -0.487 e. The maximum atomic E-state index is 13.8. The van der Waals surface area contributed by atoms with Crippen LogP contribution in [0.2, 0.25) is 5.02 Å². The van der Waals surface area contributed by atoms with E-state index in [1.54, 1.807) is 6.20 Å². The van der Waals surface area contributed by atoms with Gasteiger partial charge in [0.2, 0.25) is 0 Å². The van der Waals surface area contributed by atoms with Crippen LogP contribution >= 0.6 is 11.6 Å². The van der Waals surface area contributed by atoms with Gasteiger partial charge in [0.1, 0.15) is 18.2 Å². The van der Waals surface area contributed by atoms with Gasteiger partial charge in [-0.2, -0.15) is 0 Å². The molecule has 0 radical (unpaired) electrons. The second kappa shape index (κ2) is 8.45. The molecule has 2 aromatic carbocycles. The number of benzene rings is 2. The molecule has 4 nitrogen and oxygen atoms in total. The van der Waals surface area contributed by atoms with E-state index in [4.69, 9.17) is 16.3 Å². The maximum absolute atomic E-state index is 13.8. The number of nitrogens with zero attached hydrogens (tertiary/aromatic N) is 1. The quantitative estimate of drug-likeness (QED) is 0.700. The van der Waals surface area contributed by atoms with Gasteiger partial charge in [-0.15, -0.1) is 0 Å². The summed E-state index contributed by atoms with van der Waals surface area (Å²) in [5, 5.41) is 2.93. The van der Waals surface area contributed by atoms with E-state index in [-0.39, 0.29) is 17.1 Å². The first-order valence-electron chi connectivity index (χ1n) is 7.97. The normalized spacial score (nSPS) is 10.4. The lowest BCUT2D eigenvalue weighted by atomic mass is 10.1. The Morgan fingerprint density at radius 2 is 2.00 bits per heavy atom. The topological polar surface area (TPSA) is 51.2 Å². The summed E-state index contributed by atoms with van der Waals surface area (Å²) in [6.45, 7) is 0.605. The molecule has 3 rings (SSSR count). The number of pyridine rings is 1. The van der Waals surface area contributed by atoms with Crippen molar-refractivity contribution in [2.45, 2.75) is 13.2 Å². The minimum atomic E-state index is -0.651. The summed E-state index contributed by atoms with van der Waals surface area (Å²) in [5.41, 5.74) is 1.62. The number of carbonyl (C=O) groups is 1. The molecule has 1 amide bonds. The van der Waals surface area contributed by atoms with E-state index in [9.17, 15) is 9.18 Å². The molecule has 0 saturated heterocycles. The molecule has 26 heavy (non-hydrogen) atoms.